The molecule has 4 nitrogen and oxygen atoms in total. The van der Waals surface area contributed by atoms with Crippen LogP contribution in [-0.4, -0.2) is 29.9 Å². The molecular formula is C17H19NO3S. The number of benzene rings is 2. The molecule has 0 aliphatic carbocycles. The van der Waals surface area contributed by atoms with Gasteiger partial charge >= 0.3 is 0 Å². The fraction of sp³-hybridized carbons (Fsp3) is 0.235. The van der Waals surface area contributed by atoms with Crippen LogP contribution in [0.3, 0.4) is 0 Å². The van der Waals surface area contributed by atoms with Gasteiger partial charge in [0, 0.05) is 12.3 Å². The Balaban J connectivity index is 1.82. The number of nitrogens with one attached hydrogen (secondary N) is 1. The highest BCUT2D eigenvalue weighted by molar-refractivity contribution is 7.99. The van der Waals surface area contributed by atoms with Crippen LogP contribution in [0.4, 0.5) is 0 Å². The SMILES string of the molecule is O=C(CSCc1cccc(Oc2ccccc2)c1)NCCO. The summed E-state index contributed by atoms with van der Waals surface area (Å²) in [6.07, 6.45) is 0. The fourth-order valence-electron chi connectivity index (χ4n) is 1.83. The van der Waals surface area contributed by atoms with Crippen LogP contribution in [0.15, 0.2) is 54.6 Å². The molecule has 1 amide bonds. The second-order valence-corrected chi connectivity index (χ2v) is 5.61. The zero-order valence-electron chi connectivity index (χ0n) is 12.2. The fourth-order valence-corrected chi connectivity index (χ4v) is 2.64. The maximum atomic E-state index is 11.4. The van der Waals surface area contributed by atoms with E-state index >= 15 is 0 Å². The van der Waals surface area contributed by atoms with Gasteiger partial charge in [0.15, 0.2) is 0 Å². The van der Waals surface area contributed by atoms with Crippen molar-refractivity contribution in [1.29, 1.82) is 0 Å². The molecule has 5 heteroatoms. The van der Waals surface area contributed by atoms with E-state index < -0.39 is 0 Å². The van der Waals surface area contributed by atoms with Gasteiger partial charge in [0.2, 0.25) is 5.91 Å². The molecule has 0 saturated heterocycles. The summed E-state index contributed by atoms with van der Waals surface area (Å²) < 4.78 is 5.78. The molecule has 116 valence electrons. The summed E-state index contributed by atoms with van der Waals surface area (Å²) in [5.41, 5.74) is 1.10. The van der Waals surface area contributed by atoms with Gasteiger partial charge < -0.3 is 15.2 Å². The summed E-state index contributed by atoms with van der Waals surface area (Å²) in [4.78, 5) is 11.4. The first kappa shape index (κ1) is 16.4. The quantitative estimate of drug-likeness (QED) is 0.786. The number of ether oxygens (including phenoxy) is 1. The van der Waals surface area contributed by atoms with Crippen molar-refractivity contribution in [2.45, 2.75) is 5.75 Å². The highest BCUT2D eigenvalue weighted by Crippen LogP contribution is 2.23. The summed E-state index contributed by atoms with van der Waals surface area (Å²) in [6, 6.07) is 17.5. The Labute approximate surface area is 134 Å². The van der Waals surface area contributed by atoms with Crippen LogP contribution >= 0.6 is 11.8 Å². The van der Waals surface area contributed by atoms with Gasteiger partial charge in [0.25, 0.3) is 0 Å². The molecule has 2 aromatic carbocycles. The molecular weight excluding hydrogens is 298 g/mol. The molecule has 22 heavy (non-hydrogen) atoms. The van der Waals surface area contributed by atoms with Gasteiger partial charge in [-0.05, 0) is 29.8 Å². The Kier molecular flexibility index (Phi) is 6.80. The largest absolute Gasteiger partial charge is 0.457 e. The monoisotopic (exact) mass is 317 g/mol. The second kappa shape index (κ2) is 9.12. The first-order chi connectivity index (χ1) is 10.8. The van der Waals surface area contributed by atoms with Crippen molar-refractivity contribution in [3.8, 4) is 11.5 Å². The van der Waals surface area contributed by atoms with Crippen LogP contribution in [0.25, 0.3) is 0 Å². The lowest BCUT2D eigenvalue weighted by molar-refractivity contribution is -0.118. The number of rotatable bonds is 8. The van der Waals surface area contributed by atoms with Crippen molar-refractivity contribution in [1.82, 2.24) is 5.32 Å². The lowest BCUT2D eigenvalue weighted by Gasteiger charge is -2.08. The third-order valence-corrected chi connectivity index (χ3v) is 3.82. The minimum atomic E-state index is -0.0595. The molecule has 0 heterocycles. The van der Waals surface area contributed by atoms with Crippen LogP contribution in [0.5, 0.6) is 11.5 Å². The van der Waals surface area contributed by atoms with Crippen molar-refractivity contribution in [3.05, 3.63) is 60.2 Å². The third-order valence-electron chi connectivity index (χ3n) is 2.81. The Morgan fingerprint density at radius 3 is 2.64 bits per heavy atom. The molecule has 0 aliphatic heterocycles. The van der Waals surface area contributed by atoms with Crippen molar-refractivity contribution in [2.75, 3.05) is 18.9 Å². The topological polar surface area (TPSA) is 58.6 Å². The first-order valence-electron chi connectivity index (χ1n) is 7.05. The van der Waals surface area contributed by atoms with Gasteiger partial charge in [-0.15, -0.1) is 11.8 Å². The third kappa shape index (κ3) is 5.79. The molecule has 0 unspecified atom stereocenters. The van der Waals surface area contributed by atoms with Crippen LogP contribution < -0.4 is 10.1 Å². The lowest BCUT2D eigenvalue weighted by atomic mass is 10.2. The highest BCUT2D eigenvalue weighted by Gasteiger charge is 2.03. The number of thioether (sulfide) groups is 1. The maximum Gasteiger partial charge on any atom is 0.230 e. The lowest BCUT2D eigenvalue weighted by Crippen LogP contribution is -2.27. The number of carbonyl (C=O) groups is 1. The van der Waals surface area contributed by atoms with Crippen molar-refractivity contribution in [2.24, 2.45) is 0 Å². The van der Waals surface area contributed by atoms with Gasteiger partial charge in [-0.1, -0.05) is 30.3 Å². The number of amides is 1. The Hall–Kier alpha value is -1.98. The standard InChI is InChI=1S/C17H19NO3S/c19-10-9-18-17(20)13-22-12-14-5-4-8-16(11-14)21-15-6-2-1-3-7-15/h1-8,11,19H,9-10,12-13H2,(H,18,20). The van der Waals surface area contributed by atoms with Gasteiger partial charge in [0.05, 0.1) is 12.4 Å². The van der Waals surface area contributed by atoms with Crippen LogP contribution in [0.2, 0.25) is 0 Å². The zero-order valence-corrected chi connectivity index (χ0v) is 13.0. The van der Waals surface area contributed by atoms with Gasteiger partial charge in [-0.25, -0.2) is 0 Å². The summed E-state index contributed by atoms with van der Waals surface area (Å²) >= 11 is 1.53. The summed E-state index contributed by atoms with van der Waals surface area (Å²) in [7, 11) is 0. The molecule has 2 aromatic rings. The van der Waals surface area contributed by atoms with E-state index in [2.05, 4.69) is 5.32 Å². The molecule has 2 N–H and O–H groups in total. The van der Waals surface area contributed by atoms with E-state index in [-0.39, 0.29) is 12.5 Å². The average Bonchev–Trinajstić information content (AvgIpc) is 2.54. The zero-order chi connectivity index (χ0) is 15.6. The predicted octanol–water partition coefficient (Wildman–Crippen LogP) is 2.82. The predicted molar refractivity (Wildman–Crippen MR) is 89.2 cm³/mol. The van der Waals surface area contributed by atoms with E-state index in [0.717, 1.165) is 22.8 Å². The van der Waals surface area contributed by atoms with Crippen LogP contribution in [0, 0.1) is 0 Å². The Morgan fingerprint density at radius 1 is 1.09 bits per heavy atom. The molecule has 0 aliphatic rings. The molecule has 0 saturated carbocycles. The van der Waals surface area contributed by atoms with E-state index in [9.17, 15) is 4.79 Å². The van der Waals surface area contributed by atoms with E-state index in [1.807, 2.05) is 54.6 Å². The molecule has 0 fully saturated rings. The molecule has 0 bridgehead atoms. The van der Waals surface area contributed by atoms with Gasteiger partial charge in [-0.2, -0.15) is 0 Å². The molecule has 2 rings (SSSR count). The molecule has 0 atom stereocenters. The normalized spacial score (nSPS) is 10.2. The minimum Gasteiger partial charge on any atom is -0.457 e. The number of hydrogen-bond acceptors (Lipinski definition) is 4. The van der Waals surface area contributed by atoms with Crippen LogP contribution in [0.1, 0.15) is 5.56 Å². The summed E-state index contributed by atoms with van der Waals surface area (Å²) in [5.74, 6) is 2.64. The summed E-state index contributed by atoms with van der Waals surface area (Å²) in [5, 5.41) is 11.3. The van der Waals surface area contributed by atoms with E-state index in [0.29, 0.717) is 12.3 Å². The minimum absolute atomic E-state index is 0.0325. The Morgan fingerprint density at radius 2 is 1.86 bits per heavy atom. The van der Waals surface area contributed by atoms with Gasteiger partial charge in [0.1, 0.15) is 11.5 Å². The summed E-state index contributed by atoms with van der Waals surface area (Å²) in [6.45, 7) is 0.273. The highest BCUT2D eigenvalue weighted by atomic mass is 32.2. The second-order valence-electron chi connectivity index (χ2n) is 4.63. The first-order valence-corrected chi connectivity index (χ1v) is 8.20. The molecule has 0 spiro atoms. The maximum absolute atomic E-state index is 11.4. The number of para-hydroxylation sites is 1. The van der Waals surface area contributed by atoms with Crippen molar-refractivity contribution < 1.29 is 14.6 Å². The van der Waals surface area contributed by atoms with E-state index in [4.69, 9.17) is 9.84 Å². The Bertz CT molecular complexity index is 589. The average molecular weight is 317 g/mol. The number of aliphatic hydroxyl groups is 1. The molecule has 0 aromatic heterocycles. The van der Waals surface area contributed by atoms with Crippen LogP contribution in [-0.2, 0) is 10.5 Å². The van der Waals surface area contributed by atoms with Crippen molar-refractivity contribution in [3.63, 3.8) is 0 Å². The van der Waals surface area contributed by atoms with E-state index in [1.54, 1.807) is 0 Å². The van der Waals surface area contributed by atoms with E-state index in [1.165, 1.54) is 11.8 Å². The molecule has 0 radical (unpaired) electrons. The van der Waals surface area contributed by atoms with Crippen molar-refractivity contribution >= 4 is 17.7 Å². The number of aliphatic hydroxyl groups excluding tert-OH is 1. The van der Waals surface area contributed by atoms with Gasteiger partial charge in [-0.3, -0.25) is 4.79 Å². The smallest absolute Gasteiger partial charge is 0.230 e. The number of carbonyl (C=O) groups excluding carboxylic acids is 1. The number of hydrogen-bond donors (Lipinski definition) is 2.